The van der Waals surface area contributed by atoms with Crippen LogP contribution in [0.25, 0.3) is 0 Å². The van der Waals surface area contributed by atoms with E-state index < -0.39 is 7.14 Å². The summed E-state index contributed by atoms with van der Waals surface area (Å²) in [5.74, 6) is 0.160. The highest BCUT2D eigenvalue weighted by Gasteiger charge is 2.38. The molecule has 0 aliphatic carbocycles. The van der Waals surface area contributed by atoms with Gasteiger partial charge in [0.2, 0.25) is 5.52 Å². The van der Waals surface area contributed by atoms with E-state index >= 15 is 0 Å². The highest BCUT2D eigenvalue weighted by atomic mass is 35.5. The number of carbonyl (C=O) groups excluding carboxylic acids is 1. The van der Waals surface area contributed by atoms with E-state index in [1.807, 2.05) is 37.3 Å². The summed E-state index contributed by atoms with van der Waals surface area (Å²) < 4.78 is 14.1. The predicted octanol–water partition coefficient (Wildman–Crippen LogP) is 6.55. The molecule has 0 amide bonds. The number of hydrogen-bond donors (Lipinski definition) is 0. The molecule has 0 saturated carbocycles. The lowest BCUT2D eigenvalue weighted by Gasteiger charge is -2.27. The first kappa shape index (κ1) is 20.9. The van der Waals surface area contributed by atoms with E-state index in [9.17, 15) is 9.36 Å². The Morgan fingerprint density at radius 1 is 1.08 bits per heavy atom. The molecule has 0 heterocycles. The summed E-state index contributed by atoms with van der Waals surface area (Å²) in [5.41, 5.74) is 0.948. The van der Waals surface area contributed by atoms with Crippen molar-refractivity contribution in [2.45, 2.75) is 41.0 Å². The van der Waals surface area contributed by atoms with E-state index in [1.54, 1.807) is 18.2 Å². The van der Waals surface area contributed by atoms with Gasteiger partial charge < -0.3 is 4.57 Å². The van der Waals surface area contributed by atoms with E-state index in [4.69, 9.17) is 11.6 Å². The van der Waals surface area contributed by atoms with Gasteiger partial charge >= 0.3 is 0 Å². The van der Waals surface area contributed by atoms with Crippen molar-refractivity contribution in [3.05, 3.63) is 64.7 Å². The van der Waals surface area contributed by atoms with Gasteiger partial charge in [0, 0.05) is 17.0 Å². The van der Waals surface area contributed by atoms with Crippen LogP contribution in [0.3, 0.4) is 0 Å². The Morgan fingerprint density at radius 2 is 1.69 bits per heavy atom. The Kier molecular flexibility index (Phi) is 6.53. The van der Waals surface area contributed by atoms with Crippen molar-refractivity contribution in [2.24, 2.45) is 11.3 Å². The van der Waals surface area contributed by atoms with Crippen LogP contribution in [0.15, 0.2) is 48.5 Å². The van der Waals surface area contributed by atoms with Gasteiger partial charge in [0.1, 0.15) is 0 Å². The fourth-order valence-corrected chi connectivity index (χ4v) is 6.91. The van der Waals surface area contributed by atoms with Crippen molar-refractivity contribution in [1.29, 1.82) is 0 Å². The van der Waals surface area contributed by atoms with Crippen LogP contribution in [-0.4, -0.2) is 11.7 Å². The predicted molar refractivity (Wildman–Crippen MR) is 112 cm³/mol. The molecule has 0 spiro atoms. The second kappa shape index (κ2) is 8.11. The highest BCUT2D eigenvalue weighted by Crippen LogP contribution is 2.51. The molecule has 2 unspecified atom stereocenters. The maximum atomic E-state index is 14.1. The highest BCUT2D eigenvalue weighted by molar-refractivity contribution is 7.87. The topological polar surface area (TPSA) is 34.1 Å². The van der Waals surface area contributed by atoms with E-state index in [2.05, 4.69) is 27.7 Å². The first-order valence-corrected chi connectivity index (χ1v) is 11.3. The van der Waals surface area contributed by atoms with E-state index in [1.165, 1.54) is 0 Å². The van der Waals surface area contributed by atoms with Gasteiger partial charge in [0.25, 0.3) is 0 Å². The van der Waals surface area contributed by atoms with Gasteiger partial charge in [-0.3, -0.25) is 4.79 Å². The van der Waals surface area contributed by atoms with Gasteiger partial charge in [-0.15, -0.1) is 0 Å². The zero-order valence-corrected chi connectivity index (χ0v) is 17.9. The second-order valence-electron chi connectivity index (χ2n) is 8.36. The van der Waals surface area contributed by atoms with Crippen molar-refractivity contribution in [2.75, 3.05) is 6.16 Å². The third-order valence-corrected chi connectivity index (χ3v) is 7.93. The number of hydrogen-bond acceptors (Lipinski definition) is 2. The minimum Gasteiger partial charge on any atom is -0.310 e. The summed E-state index contributed by atoms with van der Waals surface area (Å²) in [6.07, 6.45) is 1.26. The first-order chi connectivity index (χ1) is 12.0. The van der Waals surface area contributed by atoms with Crippen molar-refractivity contribution >= 4 is 29.6 Å². The van der Waals surface area contributed by atoms with E-state index in [-0.39, 0.29) is 16.9 Å². The Hall–Kier alpha value is -1.37. The molecule has 0 aliphatic heterocycles. The molecule has 0 aromatic heterocycles. The zero-order chi connectivity index (χ0) is 19.5. The van der Waals surface area contributed by atoms with Gasteiger partial charge in [-0.2, -0.15) is 0 Å². The van der Waals surface area contributed by atoms with Gasteiger partial charge in [0.15, 0.2) is 7.14 Å². The Morgan fingerprint density at radius 3 is 2.23 bits per heavy atom. The molecule has 0 N–H and O–H groups in total. The first-order valence-electron chi connectivity index (χ1n) is 8.99. The average molecular weight is 391 g/mol. The van der Waals surface area contributed by atoms with Crippen molar-refractivity contribution in [3.63, 3.8) is 0 Å². The maximum absolute atomic E-state index is 14.1. The van der Waals surface area contributed by atoms with Gasteiger partial charge in [-0.1, -0.05) is 81.8 Å². The number of halogens is 1. The zero-order valence-electron chi connectivity index (χ0n) is 16.3. The minimum absolute atomic E-state index is 0.115. The third kappa shape index (κ3) is 4.87. The number of aryl methyl sites for hydroxylation is 1. The van der Waals surface area contributed by atoms with Crippen LogP contribution in [0.1, 0.15) is 50.0 Å². The number of benzene rings is 2. The molecule has 0 saturated heterocycles. The summed E-state index contributed by atoms with van der Waals surface area (Å²) in [4.78, 5) is 13.5. The fraction of sp³-hybridized carbons (Fsp3) is 0.409. The van der Waals surface area contributed by atoms with Gasteiger partial charge in [0.05, 0.1) is 5.02 Å². The molecule has 2 rings (SSSR count). The van der Waals surface area contributed by atoms with Crippen LogP contribution in [-0.2, 0) is 4.57 Å². The van der Waals surface area contributed by atoms with Gasteiger partial charge in [-0.05, 0) is 36.3 Å². The molecule has 0 aliphatic rings. The average Bonchev–Trinajstić information content (AvgIpc) is 2.53. The largest absolute Gasteiger partial charge is 0.310 e. The lowest BCUT2D eigenvalue weighted by Crippen LogP contribution is -2.22. The molecule has 0 fully saturated rings. The van der Waals surface area contributed by atoms with Gasteiger partial charge in [-0.25, -0.2) is 0 Å². The van der Waals surface area contributed by atoms with Crippen LogP contribution in [0.4, 0.5) is 0 Å². The summed E-state index contributed by atoms with van der Waals surface area (Å²) in [5, 5.41) is 0.986. The lowest BCUT2D eigenvalue weighted by molar-refractivity contribution is 0.107. The van der Waals surface area contributed by atoms with Crippen LogP contribution < -0.4 is 5.30 Å². The summed E-state index contributed by atoms with van der Waals surface area (Å²) >= 11 is 6.32. The van der Waals surface area contributed by atoms with Crippen LogP contribution in [0.5, 0.6) is 0 Å². The van der Waals surface area contributed by atoms with Crippen molar-refractivity contribution < 1.29 is 9.36 Å². The molecular weight excluding hydrogens is 363 g/mol. The second-order valence-corrected chi connectivity index (χ2v) is 11.5. The SMILES string of the molecule is Cc1cccc(Cl)c1C(=O)P(=O)(CC(C)CC(C)(C)C)c1ccccc1. The molecule has 2 nitrogen and oxygen atoms in total. The molecule has 4 heteroatoms. The molecule has 26 heavy (non-hydrogen) atoms. The monoisotopic (exact) mass is 390 g/mol. The summed E-state index contributed by atoms with van der Waals surface area (Å²) in [7, 11) is -3.30. The molecule has 140 valence electrons. The summed E-state index contributed by atoms with van der Waals surface area (Å²) in [6.45, 7) is 10.4. The van der Waals surface area contributed by atoms with Crippen molar-refractivity contribution in [3.8, 4) is 0 Å². The minimum atomic E-state index is -3.30. The van der Waals surface area contributed by atoms with E-state index in [0.29, 0.717) is 22.1 Å². The third-order valence-electron chi connectivity index (χ3n) is 4.47. The van der Waals surface area contributed by atoms with E-state index in [0.717, 1.165) is 12.0 Å². The van der Waals surface area contributed by atoms with Crippen LogP contribution in [0, 0.1) is 18.3 Å². The normalized spacial score (nSPS) is 15.3. The summed E-state index contributed by atoms with van der Waals surface area (Å²) in [6, 6.07) is 14.5. The molecular formula is C22H28ClO2P. The Labute approximate surface area is 162 Å². The smallest absolute Gasteiger partial charge is 0.227 e. The number of carbonyl (C=O) groups is 1. The number of rotatable bonds is 6. The Bertz CT molecular complexity index is 802. The Balaban J connectivity index is 2.51. The van der Waals surface area contributed by atoms with Crippen molar-refractivity contribution in [1.82, 2.24) is 0 Å². The van der Waals surface area contributed by atoms with Crippen LogP contribution in [0.2, 0.25) is 5.02 Å². The lowest BCUT2D eigenvalue weighted by atomic mass is 9.86. The molecule has 2 atom stereocenters. The molecule has 0 bridgehead atoms. The molecule has 2 aromatic carbocycles. The standard InChI is InChI=1S/C22H28ClO2P/c1-16(14-22(3,4)5)15-26(25,18-11-7-6-8-12-18)21(24)20-17(2)10-9-13-19(20)23/h6-13,16H,14-15H2,1-5H3. The molecule has 0 radical (unpaired) electrons. The quantitative estimate of drug-likeness (QED) is 0.524. The van der Waals surface area contributed by atoms with Crippen LogP contribution >= 0.6 is 18.7 Å². The maximum Gasteiger partial charge on any atom is 0.227 e. The molecule has 2 aromatic rings. The fourth-order valence-electron chi connectivity index (χ4n) is 3.61.